The van der Waals surface area contributed by atoms with Gasteiger partial charge in [-0.3, -0.25) is 4.79 Å². The Bertz CT molecular complexity index is 572. The molecular weight excluding hydrogens is 296 g/mol. The van der Waals surface area contributed by atoms with E-state index in [1.54, 1.807) is 6.07 Å². The number of hydrogen-bond acceptors (Lipinski definition) is 5. The van der Waals surface area contributed by atoms with Crippen molar-refractivity contribution in [1.29, 1.82) is 5.26 Å². The number of rotatable bonds is 2. The van der Waals surface area contributed by atoms with Crippen molar-refractivity contribution in [3.8, 4) is 6.07 Å². The number of hydrogen-bond donors (Lipinski definition) is 0. The second-order valence-corrected chi connectivity index (χ2v) is 6.92. The van der Waals surface area contributed by atoms with Crippen molar-refractivity contribution in [1.82, 2.24) is 9.88 Å². The number of thioether (sulfide) groups is 1. The Kier molecular flexibility index (Phi) is 4.84. The van der Waals surface area contributed by atoms with E-state index in [4.69, 9.17) is 5.26 Å². The van der Waals surface area contributed by atoms with Gasteiger partial charge in [0.2, 0.25) is 5.91 Å². The molecule has 0 N–H and O–H groups in total. The van der Waals surface area contributed by atoms with Gasteiger partial charge in [-0.2, -0.15) is 17.0 Å². The van der Waals surface area contributed by atoms with Gasteiger partial charge in [-0.1, -0.05) is 6.07 Å². The van der Waals surface area contributed by atoms with Gasteiger partial charge in [0.1, 0.15) is 17.6 Å². The average Bonchev–Trinajstić information content (AvgIpc) is 2.62. The van der Waals surface area contributed by atoms with Gasteiger partial charge < -0.3 is 9.80 Å². The summed E-state index contributed by atoms with van der Waals surface area (Å²) in [7, 11) is 0. The molecule has 2 aliphatic heterocycles. The van der Waals surface area contributed by atoms with E-state index in [2.05, 4.69) is 16.0 Å². The van der Waals surface area contributed by atoms with Crippen molar-refractivity contribution in [2.75, 3.05) is 42.6 Å². The summed E-state index contributed by atoms with van der Waals surface area (Å²) in [4.78, 5) is 21.1. The maximum absolute atomic E-state index is 12.5. The molecule has 0 saturated carbocycles. The zero-order valence-electron chi connectivity index (χ0n) is 12.6. The lowest BCUT2D eigenvalue weighted by Gasteiger charge is -2.36. The molecule has 0 atom stereocenters. The molecule has 2 aliphatic rings. The smallest absolute Gasteiger partial charge is 0.225 e. The monoisotopic (exact) mass is 316 g/mol. The standard InChI is InChI=1S/C16H20N4OS/c17-12-14-2-1-3-15(18-14)19-6-4-13(5-7-19)16(21)20-8-10-22-11-9-20/h1-3,13H,4-11H2. The molecular formula is C16H20N4OS. The zero-order valence-corrected chi connectivity index (χ0v) is 13.4. The summed E-state index contributed by atoms with van der Waals surface area (Å²) in [6.45, 7) is 3.47. The van der Waals surface area contributed by atoms with Gasteiger partial charge in [0.15, 0.2) is 0 Å². The first-order valence-electron chi connectivity index (χ1n) is 7.76. The van der Waals surface area contributed by atoms with E-state index in [0.717, 1.165) is 56.3 Å². The van der Waals surface area contributed by atoms with Gasteiger partial charge in [0.25, 0.3) is 0 Å². The Balaban J connectivity index is 1.57. The minimum atomic E-state index is 0.151. The molecule has 0 bridgehead atoms. The van der Waals surface area contributed by atoms with Crippen molar-refractivity contribution < 1.29 is 4.79 Å². The normalized spacial score (nSPS) is 19.8. The number of aromatic nitrogens is 1. The molecule has 3 rings (SSSR count). The number of nitrogens with zero attached hydrogens (tertiary/aromatic N) is 4. The molecule has 3 heterocycles. The number of amides is 1. The van der Waals surface area contributed by atoms with Crippen LogP contribution in [0.1, 0.15) is 18.5 Å². The van der Waals surface area contributed by atoms with Gasteiger partial charge in [-0.25, -0.2) is 4.98 Å². The van der Waals surface area contributed by atoms with Crippen LogP contribution in [0.4, 0.5) is 5.82 Å². The largest absolute Gasteiger partial charge is 0.357 e. The first-order chi connectivity index (χ1) is 10.8. The Hall–Kier alpha value is -1.74. The van der Waals surface area contributed by atoms with E-state index in [1.165, 1.54) is 0 Å². The van der Waals surface area contributed by atoms with Crippen LogP contribution in [0.2, 0.25) is 0 Å². The summed E-state index contributed by atoms with van der Waals surface area (Å²) in [5.74, 6) is 3.46. The van der Waals surface area contributed by atoms with E-state index in [1.807, 2.05) is 28.8 Å². The van der Waals surface area contributed by atoms with Crippen molar-refractivity contribution in [2.24, 2.45) is 5.92 Å². The van der Waals surface area contributed by atoms with Crippen LogP contribution in [-0.4, -0.2) is 53.5 Å². The average molecular weight is 316 g/mol. The highest BCUT2D eigenvalue weighted by Crippen LogP contribution is 2.24. The summed E-state index contributed by atoms with van der Waals surface area (Å²) in [6, 6.07) is 7.59. The first-order valence-corrected chi connectivity index (χ1v) is 8.92. The van der Waals surface area contributed by atoms with Crippen LogP contribution in [0.25, 0.3) is 0 Å². The van der Waals surface area contributed by atoms with Crippen LogP contribution in [0.3, 0.4) is 0 Å². The molecule has 0 aromatic carbocycles. The van der Waals surface area contributed by atoms with Crippen LogP contribution >= 0.6 is 11.8 Å². The van der Waals surface area contributed by atoms with Crippen LogP contribution in [0.15, 0.2) is 18.2 Å². The predicted molar refractivity (Wildman–Crippen MR) is 87.8 cm³/mol. The van der Waals surface area contributed by atoms with Gasteiger partial charge in [-0.15, -0.1) is 0 Å². The Morgan fingerprint density at radius 2 is 1.95 bits per heavy atom. The lowest BCUT2D eigenvalue weighted by Crippen LogP contribution is -2.45. The zero-order chi connectivity index (χ0) is 15.4. The van der Waals surface area contributed by atoms with E-state index < -0.39 is 0 Å². The molecule has 5 nitrogen and oxygen atoms in total. The third kappa shape index (κ3) is 3.36. The maximum atomic E-state index is 12.5. The highest BCUT2D eigenvalue weighted by atomic mass is 32.2. The molecule has 0 radical (unpaired) electrons. The van der Waals surface area contributed by atoms with Crippen LogP contribution in [0, 0.1) is 17.2 Å². The van der Waals surface area contributed by atoms with Gasteiger partial charge in [0.05, 0.1) is 0 Å². The fourth-order valence-corrected chi connectivity index (χ4v) is 3.96. The Labute approximate surface area is 135 Å². The van der Waals surface area contributed by atoms with Crippen molar-refractivity contribution in [3.63, 3.8) is 0 Å². The molecule has 2 fully saturated rings. The van der Waals surface area contributed by atoms with Gasteiger partial charge in [0, 0.05) is 43.6 Å². The number of pyridine rings is 1. The predicted octanol–water partition coefficient (Wildman–Crippen LogP) is 1.75. The minimum absolute atomic E-state index is 0.151. The summed E-state index contributed by atoms with van der Waals surface area (Å²) >= 11 is 1.93. The minimum Gasteiger partial charge on any atom is -0.357 e. The molecule has 6 heteroatoms. The molecule has 0 aliphatic carbocycles. The number of anilines is 1. The molecule has 2 saturated heterocycles. The first kappa shape index (κ1) is 15.2. The summed E-state index contributed by atoms with van der Waals surface area (Å²) in [5.41, 5.74) is 0.446. The van der Waals surface area contributed by atoms with Crippen LogP contribution in [-0.2, 0) is 4.79 Å². The third-order valence-corrected chi connectivity index (χ3v) is 5.28. The molecule has 1 aromatic heterocycles. The van der Waals surface area contributed by atoms with Crippen LogP contribution in [0.5, 0.6) is 0 Å². The SMILES string of the molecule is N#Cc1cccc(N2CCC(C(=O)N3CCSCC3)CC2)n1. The molecule has 0 spiro atoms. The van der Waals surface area contributed by atoms with Gasteiger partial charge in [-0.05, 0) is 25.0 Å². The molecule has 22 heavy (non-hydrogen) atoms. The fourth-order valence-electron chi connectivity index (χ4n) is 3.06. The highest BCUT2D eigenvalue weighted by molar-refractivity contribution is 7.99. The Morgan fingerprint density at radius 3 is 2.64 bits per heavy atom. The highest BCUT2D eigenvalue weighted by Gasteiger charge is 2.29. The van der Waals surface area contributed by atoms with Crippen molar-refractivity contribution >= 4 is 23.5 Å². The Morgan fingerprint density at radius 1 is 1.23 bits per heavy atom. The number of carbonyl (C=O) groups is 1. The summed E-state index contributed by atoms with van der Waals surface area (Å²) in [5, 5.41) is 8.94. The fraction of sp³-hybridized carbons (Fsp3) is 0.562. The lowest BCUT2D eigenvalue weighted by molar-refractivity contribution is -0.135. The summed E-state index contributed by atoms with van der Waals surface area (Å²) in [6.07, 6.45) is 1.75. The number of carbonyl (C=O) groups excluding carboxylic acids is 1. The molecule has 116 valence electrons. The maximum Gasteiger partial charge on any atom is 0.225 e. The molecule has 1 amide bonds. The topological polar surface area (TPSA) is 60.2 Å². The number of nitriles is 1. The van der Waals surface area contributed by atoms with E-state index in [0.29, 0.717) is 11.6 Å². The van der Waals surface area contributed by atoms with Crippen molar-refractivity contribution in [3.05, 3.63) is 23.9 Å². The van der Waals surface area contributed by atoms with E-state index >= 15 is 0 Å². The lowest BCUT2D eigenvalue weighted by atomic mass is 9.95. The molecule has 1 aromatic rings. The van der Waals surface area contributed by atoms with E-state index in [-0.39, 0.29) is 5.92 Å². The van der Waals surface area contributed by atoms with Gasteiger partial charge >= 0.3 is 0 Å². The van der Waals surface area contributed by atoms with Crippen molar-refractivity contribution in [2.45, 2.75) is 12.8 Å². The number of piperidine rings is 1. The van der Waals surface area contributed by atoms with Crippen LogP contribution < -0.4 is 4.90 Å². The van der Waals surface area contributed by atoms with E-state index in [9.17, 15) is 4.79 Å². The quantitative estimate of drug-likeness (QED) is 0.832. The summed E-state index contributed by atoms with van der Waals surface area (Å²) < 4.78 is 0. The third-order valence-electron chi connectivity index (χ3n) is 4.34. The molecule has 0 unspecified atom stereocenters. The second kappa shape index (κ2) is 7.01. The second-order valence-electron chi connectivity index (χ2n) is 5.69.